The lowest BCUT2D eigenvalue weighted by Crippen LogP contribution is -2.35. The van der Waals surface area contributed by atoms with Crippen LogP contribution in [-0.4, -0.2) is 40.6 Å². The summed E-state index contributed by atoms with van der Waals surface area (Å²) in [5.74, 6) is 1.38. The van der Waals surface area contributed by atoms with Crippen LogP contribution in [0.1, 0.15) is 27.2 Å². The molecule has 1 N–H and O–H groups in total. The molecule has 0 spiro atoms. The van der Waals surface area contributed by atoms with E-state index in [-0.39, 0.29) is 6.09 Å². The van der Waals surface area contributed by atoms with Gasteiger partial charge in [0.05, 0.1) is 4.70 Å². The maximum atomic E-state index is 12.1. The molecule has 3 rings (SSSR count). The number of benzene rings is 1. The molecule has 2 heterocycles. The van der Waals surface area contributed by atoms with Gasteiger partial charge < -0.3 is 15.0 Å². The number of nitrogens with one attached hydrogen (secondary N) is 1. The van der Waals surface area contributed by atoms with Crippen LogP contribution in [0.5, 0.6) is 0 Å². The monoisotopic (exact) mass is 333 g/mol. The van der Waals surface area contributed by atoms with E-state index in [0.717, 1.165) is 31.9 Å². The number of hydrogen-bond donors (Lipinski definition) is 1. The number of fused-ring (bicyclic) bond motifs is 1. The first-order chi connectivity index (χ1) is 10.9. The molecule has 1 unspecified atom stereocenters. The summed E-state index contributed by atoms with van der Waals surface area (Å²) in [4.78, 5) is 13.9. The summed E-state index contributed by atoms with van der Waals surface area (Å²) in [5.41, 5.74) is -0.438. The van der Waals surface area contributed by atoms with Crippen molar-refractivity contribution in [3.8, 4) is 0 Å². The van der Waals surface area contributed by atoms with Gasteiger partial charge >= 0.3 is 6.09 Å². The van der Waals surface area contributed by atoms with Gasteiger partial charge in [0.1, 0.15) is 11.4 Å². The van der Waals surface area contributed by atoms with Crippen molar-refractivity contribution in [2.24, 2.45) is 5.92 Å². The van der Waals surface area contributed by atoms with Crippen molar-refractivity contribution >= 4 is 33.5 Å². The molecular formula is C17H23N3O2S. The minimum absolute atomic E-state index is 0.209. The minimum atomic E-state index is -0.438. The lowest BCUT2D eigenvalue weighted by Gasteiger charge is -2.24. The minimum Gasteiger partial charge on any atom is -0.444 e. The third-order valence-corrected chi connectivity index (χ3v) is 4.70. The zero-order valence-electron chi connectivity index (χ0n) is 13.8. The number of nitrogens with zero attached hydrogens (tertiary/aromatic N) is 2. The van der Waals surface area contributed by atoms with Gasteiger partial charge in [0.25, 0.3) is 0 Å². The number of aromatic nitrogens is 1. The van der Waals surface area contributed by atoms with Crippen LogP contribution in [0.2, 0.25) is 0 Å². The molecule has 0 aliphatic carbocycles. The van der Waals surface area contributed by atoms with Crippen molar-refractivity contribution in [1.82, 2.24) is 9.27 Å². The van der Waals surface area contributed by atoms with Gasteiger partial charge in [-0.15, -0.1) is 0 Å². The first-order valence-electron chi connectivity index (χ1n) is 7.98. The summed E-state index contributed by atoms with van der Waals surface area (Å²) >= 11 is 1.51. The van der Waals surface area contributed by atoms with E-state index >= 15 is 0 Å². The SMILES string of the molecule is CC(C)(C)OC(=O)N1CCC(CNc2nsc3ccccc23)C1. The summed E-state index contributed by atoms with van der Waals surface area (Å²) in [6, 6.07) is 8.22. The average Bonchev–Trinajstić information content (AvgIpc) is 3.10. The van der Waals surface area contributed by atoms with Gasteiger partial charge in [-0.2, -0.15) is 4.37 Å². The van der Waals surface area contributed by atoms with Gasteiger partial charge in [-0.1, -0.05) is 12.1 Å². The van der Waals surface area contributed by atoms with Crippen LogP contribution in [0.25, 0.3) is 10.1 Å². The Labute approximate surface area is 140 Å². The standard InChI is InChI=1S/C17H23N3O2S/c1-17(2,3)22-16(21)20-9-8-12(11-20)10-18-15-13-6-4-5-7-14(13)23-19-15/h4-7,12H,8-11H2,1-3H3,(H,18,19). The van der Waals surface area contributed by atoms with Gasteiger partial charge in [-0.3, -0.25) is 0 Å². The van der Waals surface area contributed by atoms with Crippen molar-refractivity contribution in [3.63, 3.8) is 0 Å². The molecule has 1 fully saturated rings. The molecule has 1 aliphatic heterocycles. The molecule has 1 atom stereocenters. The van der Waals surface area contributed by atoms with Crippen LogP contribution >= 0.6 is 11.5 Å². The van der Waals surface area contributed by atoms with Crippen molar-refractivity contribution in [2.45, 2.75) is 32.8 Å². The highest BCUT2D eigenvalue weighted by molar-refractivity contribution is 7.13. The first kappa shape index (κ1) is 16.1. The third kappa shape index (κ3) is 3.93. The topological polar surface area (TPSA) is 54.5 Å². The molecular weight excluding hydrogens is 310 g/mol. The maximum absolute atomic E-state index is 12.1. The fraction of sp³-hybridized carbons (Fsp3) is 0.529. The molecule has 5 nitrogen and oxygen atoms in total. The molecule has 2 aromatic rings. The van der Waals surface area contributed by atoms with Crippen LogP contribution in [0.4, 0.5) is 10.6 Å². The Kier molecular flexibility index (Phi) is 4.43. The normalized spacial score (nSPS) is 18.4. The molecule has 0 saturated carbocycles. The predicted octanol–water partition coefficient (Wildman–Crippen LogP) is 3.97. The Balaban J connectivity index is 1.53. The van der Waals surface area contributed by atoms with E-state index in [2.05, 4.69) is 21.8 Å². The molecule has 1 amide bonds. The Morgan fingerprint density at radius 1 is 1.43 bits per heavy atom. The summed E-state index contributed by atoms with van der Waals surface area (Å²) in [6.45, 7) is 8.02. The summed E-state index contributed by atoms with van der Waals surface area (Å²) in [5, 5.41) is 4.60. The Bertz CT molecular complexity index is 692. The molecule has 1 saturated heterocycles. The number of carbonyl (C=O) groups excluding carboxylic acids is 1. The molecule has 6 heteroatoms. The summed E-state index contributed by atoms with van der Waals surface area (Å²) in [6.07, 6.45) is 0.785. The van der Waals surface area contributed by atoms with Crippen LogP contribution in [-0.2, 0) is 4.74 Å². The number of amides is 1. The highest BCUT2D eigenvalue weighted by atomic mass is 32.1. The van der Waals surface area contributed by atoms with E-state index in [4.69, 9.17) is 4.74 Å². The number of rotatable bonds is 3. The third-order valence-electron chi connectivity index (χ3n) is 3.87. The summed E-state index contributed by atoms with van der Waals surface area (Å²) in [7, 11) is 0. The Hall–Kier alpha value is -1.82. The zero-order chi connectivity index (χ0) is 16.4. The molecule has 124 valence electrons. The second-order valence-corrected chi connectivity index (χ2v) is 7.79. The second-order valence-electron chi connectivity index (χ2n) is 6.99. The first-order valence-corrected chi connectivity index (χ1v) is 8.76. The van der Waals surface area contributed by atoms with E-state index < -0.39 is 5.60 Å². The predicted molar refractivity (Wildman–Crippen MR) is 94.0 cm³/mol. The van der Waals surface area contributed by atoms with E-state index in [0.29, 0.717) is 5.92 Å². The van der Waals surface area contributed by atoms with Gasteiger partial charge in [0.15, 0.2) is 0 Å². The number of ether oxygens (including phenoxy) is 1. The molecule has 0 bridgehead atoms. The van der Waals surface area contributed by atoms with E-state index in [1.165, 1.54) is 21.6 Å². The number of hydrogen-bond acceptors (Lipinski definition) is 5. The Morgan fingerprint density at radius 3 is 3.00 bits per heavy atom. The van der Waals surface area contributed by atoms with E-state index in [9.17, 15) is 4.79 Å². The second kappa shape index (κ2) is 6.35. The Morgan fingerprint density at radius 2 is 2.22 bits per heavy atom. The molecule has 1 aromatic carbocycles. The van der Waals surface area contributed by atoms with E-state index in [1.807, 2.05) is 32.9 Å². The molecule has 1 aliphatic rings. The van der Waals surface area contributed by atoms with Gasteiger partial charge in [-0.05, 0) is 56.8 Å². The van der Waals surface area contributed by atoms with Crippen molar-refractivity contribution in [2.75, 3.05) is 25.0 Å². The fourth-order valence-electron chi connectivity index (χ4n) is 2.75. The van der Waals surface area contributed by atoms with Crippen molar-refractivity contribution < 1.29 is 9.53 Å². The molecule has 1 aromatic heterocycles. The smallest absolute Gasteiger partial charge is 0.410 e. The highest BCUT2D eigenvalue weighted by Gasteiger charge is 2.29. The highest BCUT2D eigenvalue weighted by Crippen LogP contribution is 2.27. The molecule has 0 radical (unpaired) electrons. The van der Waals surface area contributed by atoms with Crippen LogP contribution in [0.3, 0.4) is 0 Å². The van der Waals surface area contributed by atoms with E-state index in [1.54, 1.807) is 4.90 Å². The zero-order valence-corrected chi connectivity index (χ0v) is 14.7. The average molecular weight is 333 g/mol. The number of carbonyl (C=O) groups is 1. The van der Waals surface area contributed by atoms with Crippen molar-refractivity contribution in [1.29, 1.82) is 0 Å². The van der Waals surface area contributed by atoms with Gasteiger partial charge in [0.2, 0.25) is 0 Å². The van der Waals surface area contributed by atoms with Crippen LogP contribution in [0.15, 0.2) is 24.3 Å². The van der Waals surface area contributed by atoms with Crippen LogP contribution in [0, 0.1) is 5.92 Å². The number of anilines is 1. The quantitative estimate of drug-likeness (QED) is 0.923. The lowest BCUT2D eigenvalue weighted by molar-refractivity contribution is 0.0289. The van der Waals surface area contributed by atoms with Gasteiger partial charge in [-0.25, -0.2) is 4.79 Å². The number of likely N-dealkylation sites (tertiary alicyclic amines) is 1. The summed E-state index contributed by atoms with van der Waals surface area (Å²) < 4.78 is 11.1. The fourth-order valence-corrected chi connectivity index (χ4v) is 3.50. The maximum Gasteiger partial charge on any atom is 0.410 e. The van der Waals surface area contributed by atoms with Crippen LogP contribution < -0.4 is 5.32 Å². The molecule has 23 heavy (non-hydrogen) atoms. The lowest BCUT2D eigenvalue weighted by atomic mass is 10.1. The van der Waals surface area contributed by atoms with Crippen molar-refractivity contribution in [3.05, 3.63) is 24.3 Å². The van der Waals surface area contributed by atoms with Gasteiger partial charge in [0, 0.05) is 25.0 Å². The largest absolute Gasteiger partial charge is 0.444 e.